The average Bonchev–Trinajstić information content (AvgIpc) is 3.33. The van der Waals surface area contributed by atoms with Crippen LogP contribution in [-0.2, 0) is 17.6 Å². The average molecular weight is 453 g/mol. The lowest BCUT2D eigenvalue weighted by Gasteiger charge is -2.34. The van der Waals surface area contributed by atoms with Crippen LogP contribution in [0.2, 0.25) is 0 Å². The van der Waals surface area contributed by atoms with Crippen molar-refractivity contribution >= 4 is 5.91 Å². The molecule has 2 aromatic rings. The predicted octanol–water partition coefficient (Wildman–Crippen LogP) is 3.29. The van der Waals surface area contributed by atoms with E-state index in [0.29, 0.717) is 24.6 Å². The highest BCUT2D eigenvalue weighted by molar-refractivity contribution is 5.85. The molecule has 1 aliphatic heterocycles. The SMILES string of the molecule is COc1ccc(C2CN(C(=O)C(C)(C)N)CC2(C)[C@@H](C)O)cc1OC1Cc2ccccc2C1. The van der Waals surface area contributed by atoms with Gasteiger partial charge in [0.05, 0.1) is 18.8 Å². The van der Waals surface area contributed by atoms with E-state index < -0.39 is 17.1 Å². The maximum absolute atomic E-state index is 12.9. The summed E-state index contributed by atoms with van der Waals surface area (Å²) in [6.07, 6.45) is 1.18. The Labute approximate surface area is 196 Å². The molecule has 6 heteroatoms. The molecule has 3 atom stereocenters. The summed E-state index contributed by atoms with van der Waals surface area (Å²) in [5.41, 5.74) is 8.32. The topological polar surface area (TPSA) is 85.0 Å². The largest absolute Gasteiger partial charge is 0.493 e. The van der Waals surface area contributed by atoms with Gasteiger partial charge in [0, 0.05) is 37.3 Å². The number of rotatable bonds is 6. The van der Waals surface area contributed by atoms with Crippen LogP contribution in [0.25, 0.3) is 0 Å². The third-order valence-corrected chi connectivity index (χ3v) is 7.42. The molecule has 3 N–H and O–H groups in total. The number of hydrogen-bond donors (Lipinski definition) is 2. The molecule has 33 heavy (non-hydrogen) atoms. The second-order valence-electron chi connectivity index (χ2n) is 10.5. The first-order chi connectivity index (χ1) is 15.5. The fraction of sp³-hybridized carbons (Fsp3) is 0.519. The highest BCUT2D eigenvalue weighted by Crippen LogP contribution is 2.47. The van der Waals surface area contributed by atoms with Crippen LogP contribution in [0.15, 0.2) is 42.5 Å². The van der Waals surface area contributed by atoms with Gasteiger partial charge in [-0.25, -0.2) is 0 Å². The molecular formula is C27H36N2O4. The molecule has 0 spiro atoms. The van der Waals surface area contributed by atoms with E-state index in [4.69, 9.17) is 15.2 Å². The highest BCUT2D eigenvalue weighted by Gasteiger charge is 2.49. The zero-order valence-corrected chi connectivity index (χ0v) is 20.3. The summed E-state index contributed by atoms with van der Waals surface area (Å²) in [6.45, 7) is 8.24. The fourth-order valence-corrected chi connectivity index (χ4v) is 5.27. The summed E-state index contributed by atoms with van der Waals surface area (Å²) in [7, 11) is 1.64. The molecule has 6 nitrogen and oxygen atoms in total. The summed E-state index contributed by atoms with van der Waals surface area (Å²) in [6, 6.07) is 14.4. The van der Waals surface area contributed by atoms with E-state index in [1.165, 1.54) is 11.1 Å². The minimum absolute atomic E-state index is 0.0504. The number of nitrogens with two attached hydrogens (primary N) is 1. The maximum atomic E-state index is 12.9. The molecule has 1 fully saturated rings. The zero-order chi connectivity index (χ0) is 24.0. The number of carbonyl (C=O) groups excluding carboxylic acids is 1. The number of ether oxygens (including phenoxy) is 2. The van der Waals surface area contributed by atoms with Crippen molar-refractivity contribution in [3.63, 3.8) is 0 Å². The number of carbonyl (C=O) groups is 1. The van der Waals surface area contributed by atoms with E-state index in [0.717, 1.165) is 18.4 Å². The van der Waals surface area contributed by atoms with Crippen LogP contribution in [-0.4, -0.2) is 53.9 Å². The first kappa shape index (κ1) is 23.6. The van der Waals surface area contributed by atoms with Gasteiger partial charge in [0.15, 0.2) is 11.5 Å². The van der Waals surface area contributed by atoms with E-state index in [1.54, 1.807) is 32.8 Å². The van der Waals surface area contributed by atoms with E-state index in [9.17, 15) is 9.90 Å². The number of amides is 1. The van der Waals surface area contributed by atoms with Gasteiger partial charge < -0.3 is 25.2 Å². The molecular weight excluding hydrogens is 416 g/mol. The molecule has 2 aliphatic rings. The number of aliphatic hydroxyl groups excluding tert-OH is 1. The summed E-state index contributed by atoms with van der Waals surface area (Å²) >= 11 is 0. The van der Waals surface area contributed by atoms with Crippen molar-refractivity contribution in [1.29, 1.82) is 0 Å². The van der Waals surface area contributed by atoms with Gasteiger partial charge in [-0.05, 0) is 49.6 Å². The number of fused-ring (bicyclic) bond motifs is 1. The Balaban J connectivity index is 1.62. The highest BCUT2D eigenvalue weighted by atomic mass is 16.5. The first-order valence-corrected chi connectivity index (χ1v) is 11.7. The van der Waals surface area contributed by atoms with Crippen molar-refractivity contribution in [2.45, 2.75) is 64.2 Å². The van der Waals surface area contributed by atoms with Gasteiger partial charge in [-0.2, -0.15) is 0 Å². The normalized spacial score (nSPS) is 24.0. The molecule has 0 bridgehead atoms. The molecule has 1 amide bonds. The second-order valence-corrected chi connectivity index (χ2v) is 10.5. The van der Waals surface area contributed by atoms with Crippen LogP contribution in [0.3, 0.4) is 0 Å². The Morgan fingerprint density at radius 2 is 1.82 bits per heavy atom. The fourth-order valence-electron chi connectivity index (χ4n) is 5.27. The van der Waals surface area contributed by atoms with Gasteiger partial charge in [-0.1, -0.05) is 37.3 Å². The quantitative estimate of drug-likeness (QED) is 0.703. The van der Waals surface area contributed by atoms with Crippen LogP contribution in [0, 0.1) is 5.41 Å². The van der Waals surface area contributed by atoms with Crippen LogP contribution in [0.5, 0.6) is 11.5 Å². The third-order valence-electron chi connectivity index (χ3n) is 7.42. The maximum Gasteiger partial charge on any atom is 0.242 e. The number of likely N-dealkylation sites (tertiary alicyclic amines) is 1. The molecule has 178 valence electrons. The van der Waals surface area contributed by atoms with Crippen molar-refractivity contribution in [1.82, 2.24) is 4.90 Å². The Hall–Kier alpha value is -2.57. The van der Waals surface area contributed by atoms with Gasteiger partial charge in [-0.15, -0.1) is 0 Å². The smallest absolute Gasteiger partial charge is 0.242 e. The molecule has 0 radical (unpaired) electrons. The lowest BCUT2D eigenvalue weighted by atomic mass is 9.72. The summed E-state index contributed by atoms with van der Waals surface area (Å²) in [5.74, 6) is 1.22. The minimum atomic E-state index is -0.958. The molecule has 2 unspecified atom stereocenters. The zero-order valence-electron chi connectivity index (χ0n) is 20.3. The molecule has 0 aromatic heterocycles. The van der Waals surface area contributed by atoms with Gasteiger partial charge in [-0.3, -0.25) is 4.79 Å². The van der Waals surface area contributed by atoms with Crippen molar-refractivity contribution < 1.29 is 19.4 Å². The summed E-state index contributed by atoms with van der Waals surface area (Å²) in [5, 5.41) is 10.7. The Bertz CT molecular complexity index is 1000. The minimum Gasteiger partial charge on any atom is -0.493 e. The monoisotopic (exact) mass is 452 g/mol. The number of hydrogen-bond acceptors (Lipinski definition) is 5. The summed E-state index contributed by atoms with van der Waals surface area (Å²) < 4.78 is 12.0. The number of methoxy groups -OCH3 is 1. The summed E-state index contributed by atoms with van der Waals surface area (Å²) in [4.78, 5) is 14.7. The van der Waals surface area contributed by atoms with Crippen LogP contribution >= 0.6 is 0 Å². The van der Waals surface area contributed by atoms with Gasteiger partial charge in [0.1, 0.15) is 6.10 Å². The number of nitrogens with zero attached hydrogens (tertiary/aromatic N) is 1. The van der Waals surface area contributed by atoms with Crippen LogP contribution in [0.4, 0.5) is 0 Å². The van der Waals surface area contributed by atoms with E-state index in [1.807, 2.05) is 25.1 Å². The van der Waals surface area contributed by atoms with Crippen molar-refractivity contribution in [2.75, 3.05) is 20.2 Å². The molecule has 1 aliphatic carbocycles. The Kier molecular flexibility index (Phi) is 6.18. The Morgan fingerprint density at radius 1 is 1.18 bits per heavy atom. The molecule has 0 saturated carbocycles. The number of benzene rings is 2. The van der Waals surface area contributed by atoms with Crippen molar-refractivity contribution in [3.8, 4) is 11.5 Å². The Morgan fingerprint density at radius 3 is 2.36 bits per heavy atom. The third kappa shape index (κ3) is 4.46. The lowest BCUT2D eigenvalue weighted by molar-refractivity contribution is -0.135. The van der Waals surface area contributed by atoms with Crippen molar-refractivity contribution in [3.05, 3.63) is 59.2 Å². The first-order valence-electron chi connectivity index (χ1n) is 11.7. The van der Waals surface area contributed by atoms with E-state index in [-0.39, 0.29) is 17.9 Å². The molecule has 2 aromatic carbocycles. The second kappa shape index (κ2) is 8.65. The molecule has 1 saturated heterocycles. The number of aliphatic hydroxyl groups is 1. The van der Waals surface area contributed by atoms with Gasteiger partial charge in [0.2, 0.25) is 5.91 Å². The van der Waals surface area contributed by atoms with Gasteiger partial charge >= 0.3 is 0 Å². The standard InChI is InChI=1S/C27H36N2O4/c1-17(30)27(4)16-29(25(31)26(2,3)28)15-22(27)20-10-11-23(32-5)24(14-20)33-21-12-18-8-6-7-9-19(18)13-21/h6-11,14,17,21-22,30H,12-13,15-16,28H2,1-5H3/t17-,22?,27?/m1/s1. The molecule has 4 rings (SSSR count). The van der Waals surface area contributed by atoms with E-state index >= 15 is 0 Å². The van der Waals surface area contributed by atoms with Crippen molar-refractivity contribution in [2.24, 2.45) is 11.1 Å². The lowest BCUT2D eigenvalue weighted by Crippen LogP contribution is -2.51. The van der Waals surface area contributed by atoms with E-state index in [2.05, 4.69) is 24.3 Å². The van der Waals surface area contributed by atoms with Crippen LogP contribution < -0.4 is 15.2 Å². The predicted molar refractivity (Wildman–Crippen MR) is 129 cm³/mol. The van der Waals surface area contributed by atoms with Gasteiger partial charge in [0.25, 0.3) is 0 Å². The molecule has 1 heterocycles. The van der Waals surface area contributed by atoms with Crippen LogP contribution in [0.1, 0.15) is 50.3 Å².